The summed E-state index contributed by atoms with van der Waals surface area (Å²) in [6, 6.07) is 0. The molecule has 0 bridgehead atoms. The number of nitrogens with zero attached hydrogens (tertiary/aromatic N) is 1. The van der Waals surface area contributed by atoms with Gasteiger partial charge in [0.2, 0.25) is 0 Å². The van der Waals surface area contributed by atoms with Gasteiger partial charge in [-0.05, 0) is 64.2 Å². The molecular weight excluding hydrogens is 212 g/mol. The van der Waals surface area contributed by atoms with Crippen molar-refractivity contribution in [3.05, 3.63) is 0 Å². The first-order valence-electron chi connectivity index (χ1n) is 7.39. The second-order valence-electron chi connectivity index (χ2n) is 5.74. The van der Waals surface area contributed by atoms with E-state index in [1.54, 1.807) is 0 Å². The summed E-state index contributed by atoms with van der Waals surface area (Å²) in [6.45, 7) is 9.53. The first-order valence-corrected chi connectivity index (χ1v) is 7.39. The molecule has 1 N–H and O–H groups in total. The van der Waals surface area contributed by atoms with E-state index >= 15 is 0 Å². The number of likely N-dealkylation sites (tertiary alicyclic amines) is 1. The van der Waals surface area contributed by atoms with Gasteiger partial charge in [0.05, 0.1) is 6.10 Å². The van der Waals surface area contributed by atoms with Crippen LogP contribution in [0.15, 0.2) is 0 Å². The van der Waals surface area contributed by atoms with Crippen molar-refractivity contribution >= 4 is 0 Å². The third-order valence-corrected chi connectivity index (χ3v) is 3.93. The lowest BCUT2D eigenvalue weighted by Gasteiger charge is -2.20. The molecule has 0 aromatic rings. The Hall–Kier alpha value is -0.120. The average Bonchev–Trinajstić information content (AvgIpc) is 2.96. The predicted molar refractivity (Wildman–Crippen MR) is 71.3 cm³/mol. The summed E-state index contributed by atoms with van der Waals surface area (Å²) < 4.78 is 5.62. The Balaban J connectivity index is 1.46. The van der Waals surface area contributed by atoms with Gasteiger partial charge in [0.1, 0.15) is 0 Å². The number of nitrogens with one attached hydrogen (secondary N) is 1. The van der Waals surface area contributed by atoms with Crippen molar-refractivity contribution in [3.8, 4) is 0 Å². The normalized spacial score (nSPS) is 27.7. The Morgan fingerprint density at radius 2 is 2.12 bits per heavy atom. The van der Waals surface area contributed by atoms with E-state index in [0.29, 0.717) is 6.10 Å². The molecule has 2 saturated heterocycles. The van der Waals surface area contributed by atoms with Gasteiger partial charge in [-0.3, -0.25) is 0 Å². The van der Waals surface area contributed by atoms with E-state index in [1.807, 2.05) is 0 Å². The van der Waals surface area contributed by atoms with Crippen molar-refractivity contribution in [1.29, 1.82) is 0 Å². The van der Waals surface area contributed by atoms with Crippen LogP contribution < -0.4 is 5.32 Å². The van der Waals surface area contributed by atoms with Crippen LogP contribution in [0.25, 0.3) is 0 Å². The number of ether oxygens (including phenoxy) is 1. The zero-order valence-electron chi connectivity index (χ0n) is 11.3. The fourth-order valence-corrected chi connectivity index (χ4v) is 2.95. The fourth-order valence-electron chi connectivity index (χ4n) is 2.95. The highest BCUT2D eigenvalue weighted by Crippen LogP contribution is 2.14. The van der Waals surface area contributed by atoms with Gasteiger partial charge in [0.15, 0.2) is 0 Å². The molecule has 0 amide bonds. The molecule has 2 aliphatic rings. The molecule has 2 unspecified atom stereocenters. The van der Waals surface area contributed by atoms with E-state index in [0.717, 1.165) is 25.6 Å². The zero-order chi connectivity index (χ0) is 11.9. The van der Waals surface area contributed by atoms with Gasteiger partial charge in [-0.15, -0.1) is 0 Å². The van der Waals surface area contributed by atoms with Gasteiger partial charge in [-0.2, -0.15) is 0 Å². The van der Waals surface area contributed by atoms with Crippen LogP contribution in [0.1, 0.15) is 39.0 Å². The lowest BCUT2D eigenvalue weighted by atomic mass is 10.1. The average molecular weight is 240 g/mol. The second-order valence-corrected chi connectivity index (χ2v) is 5.74. The van der Waals surface area contributed by atoms with Gasteiger partial charge < -0.3 is 15.0 Å². The fraction of sp³-hybridized carbons (Fsp3) is 1.00. The van der Waals surface area contributed by atoms with Gasteiger partial charge in [0, 0.05) is 13.2 Å². The molecule has 17 heavy (non-hydrogen) atoms. The molecule has 0 radical (unpaired) electrons. The maximum absolute atomic E-state index is 5.62. The largest absolute Gasteiger partial charge is 0.378 e. The van der Waals surface area contributed by atoms with Crippen LogP contribution in [-0.2, 0) is 4.74 Å². The van der Waals surface area contributed by atoms with Crippen LogP contribution in [0.5, 0.6) is 0 Å². The summed E-state index contributed by atoms with van der Waals surface area (Å²) in [4.78, 5) is 2.60. The maximum atomic E-state index is 5.62. The highest BCUT2D eigenvalue weighted by Gasteiger charge is 2.16. The minimum absolute atomic E-state index is 0.538. The van der Waals surface area contributed by atoms with Gasteiger partial charge in [0.25, 0.3) is 0 Å². The molecule has 2 fully saturated rings. The predicted octanol–water partition coefficient (Wildman–Crippen LogP) is 1.88. The molecule has 100 valence electrons. The molecule has 2 aliphatic heterocycles. The van der Waals surface area contributed by atoms with Crippen LogP contribution in [0.3, 0.4) is 0 Å². The quantitative estimate of drug-likeness (QED) is 0.688. The van der Waals surface area contributed by atoms with Gasteiger partial charge in [-0.25, -0.2) is 0 Å². The first kappa shape index (κ1) is 13.3. The molecule has 2 heterocycles. The minimum atomic E-state index is 0.538. The zero-order valence-corrected chi connectivity index (χ0v) is 11.3. The summed E-state index contributed by atoms with van der Waals surface area (Å²) >= 11 is 0. The third-order valence-electron chi connectivity index (χ3n) is 3.93. The third kappa shape index (κ3) is 4.94. The van der Waals surface area contributed by atoms with E-state index in [2.05, 4.69) is 17.1 Å². The number of hydrogen-bond acceptors (Lipinski definition) is 3. The van der Waals surface area contributed by atoms with Crippen LogP contribution in [0.2, 0.25) is 0 Å². The van der Waals surface area contributed by atoms with Crippen LogP contribution in [0.4, 0.5) is 0 Å². The standard InChI is InChI=1S/C14H28N2O/c1-13(12-16-8-2-3-9-16)11-15-7-6-14-5-4-10-17-14/h13-15H,2-12H2,1H3. The smallest absolute Gasteiger partial charge is 0.0588 e. The van der Waals surface area contributed by atoms with Gasteiger partial charge >= 0.3 is 0 Å². The Morgan fingerprint density at radius 1 is 1.29 bits per heavy atom. The maximum Gasteiger partial charge on any atom is 0.0588 e. The summed E-state index contributed by atoms with van der Waals surface area (Å²) in [5.41, 5.74) is 0. The summed E-state index contributed by atoms with van der Waals surface area (Å²) in [7, 11) is 0. The Morgan fingerprint density at radius 3 is 2.82 bits per heavy atom. The van der Waals surface area contributed by atoms with Crippen LogP contribution >= 0.6 is 0 Å². The Labute approximate surface area is 106 Å². The van der Waals surface area contributed by atoms with Crippen molar-refractivity contribution in [1.82, 2.24) is 10.2 Å². The summed E-state index contributed by atoms with van der Waals surface area (Å²) in [5.74, 6) is 0.776. The second kappa shape index (κ2) is 7.34. The highest BCUT2D eigenvalue weighted by atomic mass is 16.5. The van der Waals surface area contributed by atoms with E-state index in [9.17, 15) is 0 Å². The van der Waals surface area contributed by atoms with E-state index in [4.69, 9.17) is 4.74 Å². The van der Waals surface area contributed by atoms with E-state index in [1.165, 1.54) is 51.7 Å². The monoisotopic (exact) mass is 240 g/mol. The molecule has 0 saturated carbocycles. The molecule has 2 atom stereocenters. The lowest BCUT2D eigenvalue weighted by molar-refractivity contribution is 0.104. The number of rotatable bonds is 7. The van der Waals surface area contributed by atoms with Crippen molar-refractivity contribution < 1.29 is 4.74 Å². The van der Waals surface area contributed by atoms with Crippen molar-refractivity contribution in [2.24, 2.45) is 5.92 Å². The molecule has 0 aliphatic carbocycles. The van der Waals surface area contributed by atoms with Crippen molar-refractivity contribution in [3.63, 3.8) is 0 Å². The van der Waals surface area contributed by atoms with E-state index < -0.39 is 0 Å². The van der Waals surface area contributed by atoms with Crippen LogP contribution in [-0.4, -0.2) is 50.3 Å². The topological polar surface area (TPSA) is 24.5 Å². The molecule has 0 aromatic carbocycles. The molecule has 0 spiro atoms. The molecule has 3 nitrogen and oxygen atoms in total. The van der Waals surface area contributed by atoms with E-state index in [-0.39, 0.29) is 0 Å². The van der Waals surface area contributed by atoms with Crippen molar-refractivity contribution in [2.45, 2.75) is 45.1 Å². The Kier molecular flexibility index (Phi) is 5.75. The minimum Gasteiger partial charge on any atom is -0.378 e. The molecule has 3 heteroatoms. The molecule has 2 rings (SSSR count). The summed E-state index contributed by atoms with van der Waals surface area (Å²) in [5, 5.41) is 3.58. The first-order chi connectivity index (χ1) is 8.34. The van der Waals surface area contributed by atoms with Crippen molar-refractivity contribution in [2.75, 3.05) is 39.3 Å². The lowest BCUT2D eigenvalue weighted by Crippen LogP contribution is -2.32. The van der Waals surface area contributed by atoms with Gasteiger partial charge in [-0.1, -0.05) is 6.92 Å². The highest BCUT2D eigenvalue weighted by molar-refractivity contribution is 4.71. The molecular formula is C14H28N2O. The van der Waals surface area contributed by atoms with Crippen LogP contribution in [0, 0.1) is 5.92 Å². The Bertz CT molecular complexity index is 198. The summed E-state index contributed by atoms with van der Waals surface area (Å²) in [6.07, 6.45) is 7.06. The molecule has 0 aromatic heterocycles. The SMILES string of the molecule is CC(CNCCC1CCCO1)CN1CCCC1. The number of hydrogen-bond donors (Lipinski definition) is 1.